The van der Waals surface area contributed by atoms with Crippen molar-refractivity contribution in [3.63, 3.8) is 0 Å². The van der Waals surface area contributed by atoms with Crippen molar-refractivity contribution in [2.45, 2.75) is 17.9 Å². The Morgan fingerprint density at radius 2 is 2.05 bits per heavy atom. The molecule has 1 aromatic rings. The molecule has 0 aliphatic heterocycles. The van der Waals surface area contributed by atoms with E-state index in [0.29, 0.717) is 6.54 Å². The van der Waals surface area contributed by atoms with E-state index in [1.165, 1.54) is 6.07 Å². The minimum Gasteiger partial charge on any atom is -0.399 e. The van der Waals surface area contributed by atoms with Gasteiger partial charge in [0, 0.05) is 24.3 Å². The van der Waals surface area contributed by atoms with Gasteiger partial charge in [-0.1, -0.05) is 0 Å². The molecular weight excluding hydrogens is 284 g/mol. The third-order valence-corrected chi connectivity index (χ3v) is 4.10. The first-order chi connectivity index (χ1) is 9.13. The SMILES string of the molecule is CC(CN(C)C)NS(=O)(=O)c1ccc(N)cc1[N+](=O)[O-]. The number of nitrogen functional groups attached to an aromatic ring is 1. The molecule has 0 saturated carbocycles. The number of sulfonamides is 1. The fourth-order valence-corrected chi connectivity index (χ4v) is 3.20. The predicted molar refractivity (Wildman–Crippen MR) is 75.8 cm³/mol. The molecule has 3 N–H and O–H groups in total. The minimum absolute atomic E-state index is 0.136. The molecule has 112 valence electrons. The molecule has 1 aromatic carbocycles. The maximum Gasteiger partial charge on any atom is 0.291 e. The standard InChI is InChI=1S/C11H18N4O4S/c1-8(7-14(2)3)13-20(18,19)11-5-4-9(12)6-10(11)15(16)17/h4-6,8,13H,7,12H2,1-3H3. The van der Waals surface area contributed by atoms with Gasteiger partial charge < -0.3 is 10.6 Å². The molecule has 20 heavy (non-hydrogen) atoms. The van der Waals surface area contributed by atoms with Crippen LogP contribution in [0.2, 0.25) is 0 Å². The lowest BCUT2D eigenvalue weighted by Crippen LogP contribution is -2.39. The minimum atomic E-state index is -3.97. The zero-order chi connectivity index (χ0) is 15.5. The summed E-state index contributed by atoms with van der Waals surface area (Å²) in [5.74, 6) is 0. The van der Waals surface area contributed by atoms with Crippen molar-refractivity contribution in [1.29, 1.82) is 0 Å². The summed E-state index contributed by atoms with van der Waals surface area (Å²) in [6.07, 6.45) is 0. The van der Waals surface area contributed by atoms with E-state index in [1.807, 2.05) is 4.90 Å². The van der Waals surface area contributed by atoms with E-state index < -0.39 is 20.6 Å². The van der Waals surface area contributed by atoms with Crippen molar-refractivity contribution < 1.29 is 13.3 Å². The molecule has 0 bridgehead atoms. The number of benzene rings is 1. The number of rotatable bonds is 6. The number of hydrogen-bond donors (Lipinski definition) is 2. The van der Waals surface area contributed by atoms with E-state index in [9.17, 15) is 18.5 Å². The third-order valence-electron chi connectivity index (χ3n) is 2.46. The van der Waals surface area contributed by atoms with E-state index in [-0.39, 0.29) is 16.6 Å². The van der Waals surface area contributed by atoms with E-state index in [1.54, 1.807) is 21.0 Å². The highest BCUT2D eigenvalue weighted by Gasteiger charge is 2.27. The molecule has 0 heterocycles. The van der Waals surface area contributed by atoms with Crippen LogP contribution in [0.3, 0.4) is 0 Å². The lowest BCUT2D eigenvalue weighted by Gasteiger charge is -2.18. The lowest BCUT2D eigenvalue weighted by atomic mass is 10.3. The Balaban J connectivity index is 3.13. The number of nitrogens with zero attached hydrogens (tertiary/aromatic N) is 2. The molecular formula is C11H18N4O4S. The Labute approximate surface area is 117 Å². The number of anilines is 1. The second-order valence-corrected chi connectivity index (χ2v) is 6.45. The van der Waals surface area contributed by atoms with Crippen LogP contribution < -0.4 is 10.5 Å². The molecule has 0 aromatic heterocycles. The summed E-state index contributed by atoms with van der Waals surface area (Å²) in [6, 6.07) is 3.11. The number of nitrogens with two attached hydrogens (primary N) is 1. The van der Waals surface area contributed by atoms with Gasteiger partial charge in [-0.15, -0.1) is 0 Å². The zero-order valence-electron chi connectivity index (χ0n) is 11.5. The number of likely N-dealkylation sites (N-methyl/N-ethyl adjacent to an activating group) is 1. The highest BCUT2D eigenvalue weighted by Crippen LogP contribution is 2.26. The van der Waals surface area contributed by atoms with Crippen LogP contribution in [0.5, 0.6) is 0 Å². The topological polar surface area (TPSA) is 119 Å². The summed E-state index contributed by atoms with van der Waals surface area (Å²) < 4.78 is 26.8. The molecule has 1 atom stereocenters. The van der Waals surface area contributed by atoms with E-state index in [0.717, 1.165) is 12.1 Å². The van der Waals surface area contributed by atoms with Gasteiger partial charge in [-0.3, -0.25) is 10.1 Å². The van der Waals surface area contributed by atoms with E-state index >= 15 is 0 Å². The molecule has 0 saturated heterocycles. The van der Waals surface area contributed by atoms with E-state index in [2.05, 4.69) is 4.72 Å². The molecule has 0 aliphatic carbocycles. The molecule has 0 spiro atoms. The molecule has 8 nitrogen and oxygen atoms in total. The quantitative estimate of drug-likeness (QED) is 0.446. The van der Waals surface area contributed by atoms with Gasteiger partial charge in [-0.2, -0.15) is 0 Å². The van der Waals surface area contributed by atoms with Crippen molar-refractivity contribution in [1.82, 2.24) is 9.62 Å². The zero-order valence-corrected chi connectivity index (χ0v) is 12.3. The van der Waals surface area contributed by atoms with Gasteiger partial charge >= 0.3 is 0 Å². The first kappa shape index (κ1) is 16.3. The average molecular weight is 302 g/mol. The van der Waals surface area contributed by atoms with Crippen molar-refractivity contribution >= 4 is 21.4 Å². The maximum absolute atomic E-state index is 12.2. The fraction of sp³-hybridized carbons (Fsp3) is 0.455. The van der Waals surface area contributed by atoms with Gasteiger partial charge in [0.1, 0.15) is 0 Å². The summed E-state index contributed by atoms with van der Waals surface area (Å²) in [5.41, 5.74) is 5.05. The molecule has 1 unspecified atom stereocenters. The van der Waals surface area contributed by atoms with Gasteiger partial charge in [0.25, 0.3) is 5.69 Å². The smallest absolute Gasteiger partial charge is 0.291 e. The van der Waals surface area contributed by atoms with Crippen LogP contribution in [-0.4, -0.2) is 44.9 Å². The largest absolute Gasteiger partial charge is 0.399 e. The first-order valence-corrected chi connectivity index (χ1v) is 7.33. The monoisotopic (exact) mass is 302 g/mol. The van der Waals surface area contributed by atoms with Crippen molar-refractivity contribution in [3.8, 4) is 0 Å². The van der Waals surface area contributed by atoms with Crippen molar-refractivity contribution in [2.24, 2.45) is 0 Å². The van der Waals surface area contributed by atoms with Crippen molar-refractivity contribution in [2.75, 3.05) is 26.4 Å². The summed E-state index contributed by atoms with van der Waals surface area (Å²) >= 11 is 0. The normalized spacial score (nSPS) is 13.4. The van der Waals surface area contributed by atoms with E-state index in [4.69, 9.17) is 5.73 Å². The van der Waals surface area contributed by atoms with Gasteiger partial charge in [-0.25, -0.2) is 13.1 Å². The number of nitro groups is 1. The molecule has 0 fully saturated rings. The van der Waals surface area contributed by atoms with Gasteiger partial charge in [0.15, 0.2) is 4.90 Å². The third kappa shape index (κ3) is 4.15. The van der Waals surface area contributed by atoms with Gasteiger partial charge in [-0.05, 0) is 33.2 Å². The van der Waals surface area contributed by atoms with Crippen LogP contribution in [0.1, 0.15) is 6.92 Å². The molecule has 9 heteroatoms. The Kier molecular flexibility index (Phi) is 5.03. The van der Waals surface area contributed by atoms with Crippen LogP contribution in [-0.2, 0) is 10.0 Å². The highest BCUT2D eigenvalue weighted by molar-refractivity contribution is 7.89. The second kappa shape index (κ2) is 6.16. The van der Waals surface area contributed by atoms with Crippen LogP contribution in [0, 0.1) is 10.1 Å². The summed E-state index contributed by atoms with van der Waals surface area (Å²) in [6.45, 7) is 2.16. The number of nitro benzene ring substituents is 1. The van der Waals surface area contributed by atoms with Crippen LogP contribution in [0.15, 0.2) is 23.1 Å². The fourth-order valence-electron chi connectivity index (χ4n) is 1.82. The first-order valence-electron chi connectivity index (χ1n) is 5.84. The van der Waals surface area contributed by atoms with Crippen LogP contribution >= 0.6 is 0 Å². The molecule has 1 rings (SSSR count). The van der Waals surface area contributed by atoms with Crippen molar-refractivity contribution in [3.05, 3.63) is 28.3 Å². The number of nitrogens with one attached hydrogen (secondary N) is 1. The summed E-state index contributed by atoms with van der Waals surface area (Å²) in [7, 11) is -0.367. The molecule has 0 radical (unpaired) electrons. The summed E-state index contributed by atoms with van der Waals surface area (Å²) in [4.78, 5) is 11.6. The van der Waals surface area contributed by atoms with Gasteiger partial charge in [0.2, 0.25) is 10.0 Å². The highest BCUT2D eigenvalue weighted by atomic mass is 32.2. The lowest BCUT2D eigenvalue weighted by molar-refractivity contribution is -0.387. The molecule has 0 aliphatic rings. The van der Waals surface area contributed by atoms with Crippen LogP contribution in [0.25, 0.3) is 0 Å². The predicted octanol–water partition coefficient (Wildman–Crippen LogP) is 0.405. The number of hydrogen-bond acceptors (Lipinski definition) is 6. The Morgan fingerprint density at radius 3 is 2.55 bits per heavy atom. The van der Waals surface area contributed by atoms with Crippen LogP contribution in [0.4, 0.5) is 11.4 Å². The Morgan fingerprint density at radius 1 is 1.45 bits per heavy atom. The second-order valence-electron chi connectivity index (χ2n) is 4.77. The molecule has 0 amide bonds. The van der Waals surface area contributed by atoms with Gasteiger partial charge in [0.05, 0.1) is 4.92 Å². The maximum atomic E-state index is 12.2. The summed E-state index contributed by atoms with van der Waals surface area (Å²) in [5, 5.41) is 10.9. The Hall–Kier alpha value is -1.71. The Bertz CT molecular complexity index is 600. The average Bonchev–Trinajstić information content (AvgIpc) is 2.26.